The van der Waals surface area contributed by atoms with Gasteiger partial charge in [0.05, 0.1) is 14.6 Å². The van der Waals surface area contributed by atoms with E-state index in [1.165, 1.54) is 12.1 Å². The molecule has 0 amide bonds. The van der Waals surface area contributed by atoms with Crippen LogP contribution in [-0.2, 0) is 0 Å². The van der Waals surface area contributed by atoms with Crippen LogP contribution in [0, 0.1) is 5.82 Å². The number of halogens is 4. The number of rotatable bonds is 2. The van der Waals surface area contributed by atoms with E-state index in [4.69, 9.17) is 10.5 Å². The zero-order valence-corrected chi connectivity index (χ0v) is 13.6. The lowest BCUT2D eigenvalue weighted by atomic mass is 10.3. The zero-order chi connectivity index (χ0) is 13.3. The predicted octanol–water partition coefficient (Wildman–Crippen LogP) is 5.49. The Morgan fingerprint density at radius 1 is 0.944 bits per heavy atom. The van der Waals surface area contributed by atoms with Gasteiger partial charge in [0, 0.05) is 16.6 Å². The molecule has 0 heterocycles. The van der Waals surface area contributed by atoms with E-state index in [0.29, 0.717) is 16.0 Å². The van der Waals surface area contributed by atoms with E-state index in [1.807, 2.05) is 12.1 Å². The average molecular weight is 440 g/mol. The maximum absolute atomic E-state index is 13.2. The highest BCUT2D eigenvalue weighted by atomic mass is 79.9. The van der Waals surface area contributed by atoms with Crippen LogP contribution in [0.25, 0.3) is 0 Å². The Balaban J connectivity index is 2.37. The fraction of sp³-hybridized carbons (Fsp3) is 0. The second-order valence-electron chi connectivity index (χ2n) is 3.48. The minimum absolute atomic E-state index is 0.241. The van der Waals surface area contributed by atoms with Crippen molar-refractivity contribution in [3.63, 3.8) is 0 Å². The van der Waals surface area contributed by atoms with Crippen molar-refractivity contribution in [2.45, 2.75) is 0 Å². The van der Waals surface area contributed by atoms with Crippen molar-refractivity contribution in [1.82, 2.24) is 0 Å². The molecule has 0 atom stereocenters. The van der Waals surface area contributed by atoms with Crippen LogP contribution in [0.4, 0.5) is 10.1 Å². The molecule has 2 aromatic rings. The third kappa shape index (κ3) is 3.05. The standard InChI is InChI=1S/C12H7Br3FNO/c13-6-1-2-11(8(15)3-6)18-12-4-7(14)9(16)5-10(12)17/h1-5H,17H2. The van der Waals surface area contributed by atoms with Crippen molar-refractivity contribution in [1.29, 1.82) is 0 Å². The van der Waals surface area contributed by atoms with Crippen LogP contribution in [-0.4, -0.2) is 0 Å². The summed E-state index contributed by atoms with van der Waals surface area (Å²) in [6.45, 7) is 0. The number of nitrogens with two attached hydrogens (primary N) is 1. The smallest absolute Gasteiger partial charge is 0.151 e. The first-order valence-electron chi connectivity index (χ1n) is 4.85. The molecule has 94 valence electrons. The number of hydrogen-bond donors (Lipinski definition) is 1. The summed E-state index contributed by atoms with van der Waals surface area (Å²) in [6.07, 6.45) is 0. The maximum atomic E-state index is 13.2. The molecule has 0 spiro atoms. The lowest BCUT2D eigenvalue weighted by Crippen LogP contribution is -1.94. The summed E-state index contributed by atoms with van der Waals surface area (Å²) in [5.74, 6) is 0.574. The van der Waals surface area contributed by atoms with Crippen LogP contribution in [0.5, 0.6) is 11.5 Å². The van der Waals surface area contributed by atoms with Crippen molar-refractivity contribution < 1.29 is 9.13 Å². The molecule has 0 saturated carbocycles. The SMILES string of the molecule is Nc1cc(F)c(Br)cc1Oc1ccc(Br)cc1Br. The largest absolute Gasteiger partial charge is 0.454 e. The third-order valence-electron chi connectivity index (χ3n) is 2.17. The molecule has 2 aromatic carbocycles. The summed E-state index contributed by atoms with van der Waals surface area (Å²) in [5.41, 5.74) is 5.95. The van der Waals surface area contributed by atoms with E-state index in [9.17, 15) is 4.39 Å². The Kier molecular flexibility index (Phi) is 4.29. The van der Waals surface area contributed by atoms with Crippen LogP contribution in [0.15, 0.2) is 43.7 Å². The predicted molar refractivity (Wildman–Crippen MR) is 80.4 cm³/mol. The van der Waals surface area contributed by atoms with Crippen LogP contribution >= 0.6 is 47.8 Å². The summed E-state index contributed by atoms with van der Waals surface area (Å²) < 4.78 is 20.9. The molecule has 6 heteroatoms. The monoisotopic (exact) mass is 437 g/mol. The zero-order valence-electron chi connectivity index (χ0n) is 8.88. The second-order valence-corrected chi connectivity index (χ2v) is 6.11. The van der Waals surface area contributed by atoms with E-state index in [0.717, 1.165) is 8.95 Å². The normalized spacial score (nSPS) is 10.4. The second kappa shape index (κ2) is 5.59. The van der Waals surface area contributed by atoms with Crippen molar-refractivity contribution in [2.75, 3.05) is 5.73 Å². The molecule has 0 radical (unpaired) electrons. The van der Waals surface area contributed by atoms with Gasteiger partial charge in [-0.1, -0.05) is 15.9 Å². The lowest BCUT2D eigenvalue weighted by Gasteiger charge is -2.11. The first kappa shape index (κ1) is 13.8. The van der Waals surface area contributed by atoms with E-state index in [1.54, 1.807) is 6.07 Å². The molecule has 0 saturated heterocycles. The molecule has 0 unspecified atom stereocenters. The Morgan fingerprint density at radius 2 is 1.67 bits per heavy atom. The highest BCUT2D eigenvalue weighted by molar-refractivity contribution is 9.11. The molecule has 0 aliphatic rings. The topological polar surface area (TPSA) is 35.2 Å². The van der Waals surface area contributed by atoms with Gasteiger partial charge in [-0.2, -0.15) is 0 Å². The average Bonchev–Trinajstić information content (AvgIpc) is 2.29. The Labute approximate surface area is 129 Å². The van der Waals surface area contributed by atoms with Gasteiger partial charge in [0.15, 0.2) is 5.75 Å². The van der Waals surface area contributed by atoms with E-state index >= 15 is 0 Å². The summed E-state index contributed by atoms with van der Waals surface area (Å²) in [4.78, 5) is 0. The number of anilines is 1. The molecule has 0 aromatic heterocycles. The van der Waals surface area contributed by atoms with E-state index < -0.39 is 5.82 Å². The van der Waals surface area contributed by atoms with Crippen LogP contribution in [0.1, 0.15) is 0 Å². The first-order chi connectivity index (χ1) is 8.47. The first-order valence-corrected chi connectivity index (χ1v) is 7.22. The quantitative estimate of drug-likeness (QED) is 0.628. The van der Waals surface area contributed by atoms with Gasteiger partial charge in [-0.3, -0.25) is 0 Å². The maximum Gasteiger partial charge on any atom is 0.151 e. The summed E-state index contributed by atoms with van der Waals surface area (Å²) in [7, 11) is 0. The van der Waals surface area contributed by atoms with Gasteiger partial charge in [0.1, 0.15) is 11.6 Å². The van der Waals surface area contributed by atoms with Gasteiger partial charge in [0.2, 0.25) is 0 Å². The summed E-state index contributed by atoms with van der Waals surface area (Å²) in [6, 6.07) is 8.19. The van der Waals surface area contributed by atoms with Gasteiger partial charge in [0.25, 0.3) is 0 Å². The molecule has 2 N–H and O–H groups in total. The van der Waals surface area contributed by atoms with Gasteiger partial charge in [-0.15, -0.1) is 0 Å². The van der Waals surface area contributed by atoms with Gasteiger partial charge >= 0.3 is 0 Å². The van der Waals surface area contributed by atoms with Crippen LogP contribution < -0.4 is 10.5 Å². The fourth-order valence-corrected chi connectivity index (χ4v) is 2.76. The van der Waals surface area contributed by atoms with Gasteiger partial charge in [-0.25, -0.2) is 4.39 Å². The highest BCUT2D eigenvalue weighted by Gasteiger charge is 2.10. The van der Waals surface area contributed by atoms with Gasteiger partial charge < -0.3 is 10.5 Å². The number of hydrogen-bond acceptors (Lipinski definition) is 2. The van der Waals surface area contributed by atoms with Crippen molar-refractivity contribution >= 4 is 53.5 Å². The minimum atomic E-state index is -0.422. The Bertz CT molecular complexity index is 604. The molecule has 18 heavy (non-hydrogen) atoms. The molecular weight excluding hydrogens is 433 g/mol. The minimum Gasteiger partial charge on any atom is -0.454 e. The third-order valence-corrected chi connectivity index (χ3v) is 3.89. The Morgan fingerprint density at radius 3 is 2.33 bits per heavy atom. The molecule has 0 aliphatic heterocycles. The molecule has 0 bridgehead atoms. The van der Waals surface area contributed by atoms with E-state index in [-0.39, 0.29) is 5.69 Å². The van der Waals surface area contributed by atoms with Crippen molar-refractivity contribution in [3.8, 4) is 11.5 Å². The van der Waals surface area contributed by atoms with E-state index in [2.05, 4.69) is 47.8 Å². The Hall–Kier alpha value is -0.590. The van der Waals surface area contributed by atoms with Crippen molar-refractivity contribution in [2.24, 2.45) is 0 Å². The highest BCUT2D eigenvalue weighted by Crippen LogP contribution is 2.36. The number of ether oxygens (including phenoxy) is 1. The van der Waals surface area contributed by atoms with Crippen LogP contribution in [0.2, 0.25) is 0 Å². The molecule has 0 aliphatic carbocycles. The fourth-order valence-electron chi connectivity index (χ4n) is 1.31. The van der Waals surface area contributed by atoms with Gasteiger partial charge in [-0.05, 0) is 50.1 Å². The van der Waals surface area contributed by atoms with Crippen LogP contribution in [0.3, 0.4) is 0 Å². The lowest BCUT2D eigenvalue weighted by molar-refractivity contribution is 0.479. The molecule has 2 rings (SSSR count). The summed E-state index contributed by atoms with van der Waals surface area (Å²) >= 11 is 9.82. The number of benzene rings is 2. The summed E-state index contributed by atoms with van der Waals surface area (Å²) in [5, 5.41) is 0. The van der Waals surface area contributed by atoms with Crippen molar-refractivity contribution in [3.05, 3.63) is 49.6 Å². The molecular formula is C12H7Br3FNO. The molecule has 2 nitrogen and oxygen atoms in total. The number of nitrogen functional groups attached to an aromatic ring is 1. The molecule has 0 fully saturated rings.